The first kappa shape index (κ1) is 12.9. The van der Waals surface area contributed by atoms with Crippen LogP contribution in [0.4, 0.5) is 6.01 Å². The molecule has 0 spiro atoms. The molecule has 0 unspecified atom stereocenters. The molecule has 6 nitrogen and oxygen atoms in total. The number of nitrogens with zero attached hydrogens (tertiary/aromatic N) is 3. The number of esters is 1. The van der Waals surface area contributed by atoms with Gasteiger partial charge in [0, 0.05) is 19.0 Å². The van der Waals surface area contributed by atoms with Crippen molar-refractivity contribution in [2.75, 3.05) is 25.1 Å². The molecule has 0 radical (unpaired) electrons. The highest BCUT2D eigenvalue weighted by molar-refractivity contribution is 5.73. The van der Waals surface area contributed by atoms with Crippen molar-refractivity contribution in [3.05, 3.63) is 5.82 Å². The molecule has 18 heavy (non-hydrogen) atoms. The van der Waals surface area contributed by atoms with E-state index < -0.39 is 0 Å². The van der Waals surface area contributed by atoms with E-state index in [2.05, 4.69) is 10.1 Å². The third kappa shape index (κ3) is 2.63. The molecule has 2 rings (SSSR count). The zero-order chi connectivity index (χ0) is 13.1. The summed E-state index contributed by atoms with van der Waals surface area (Å²) in [4.78, 5) is 17.9. The van der Waals surface area contributed by atoms with E-state index in [0.717, 1.165) is 19.4 Å². The number of hydrogen-bond donors (Lipinski definition) is 0. The van der Waals surface area contributed by atoms with Gasteiger partial charge >= 0.3 is 12.0 Å². The molecule has 1 aliphatic rings. The molecule has 2 heterocycles. The second-order valence-electron chi connectivity index (χ2n) is 4.90. The van der Waals surface area contributed by atoms with Crippen LogP contribution >= 0.6 is 0 Å². The molecular formula is C12H19N3O3. The third-order valence-electron chi connectivity index (χ3n) is 3.17. The number of carbonyl (C=O) groups is 1. The van der Waals surface area contributed by atoms with Crippen LogP contribution in [0.3, 0.4) is 0 Å². The van der Waals surface area contributed by atoms with E-state index in [0.29, 0.717) is 18.4 Å². The normalized spacial score (nSPS) is 20.2. The largest absolute Gasteiger partial charge is 0.469 e. The van der Waals surface area contributed by atoms with E-state index in [4.69, 9.17) is 9.26 Å². The van der Waals surface area contributed by atoms with E-state index in [1.165, 1.54) is 7.11 Å². The van der Waals surface area contributed by atoms with E-state index in [-0.39, 0.29) is 17.8 Å². The molecule has 0 amide bonds. The van der Waals surface area contributed by atoms with Crippen LogP contribution in [-0.4, -0.2) is 36.3 Å². The number of carbonyl (C=O) groups excluding carboxylic acids is 1. The Morgan fingerprint density at radius 2 is 2.33 bits per heavy atom. The van der Waals surface area contributed by atoms with Gasteiger partial charge in [0.15, 0.2) is 5.82 Å². The zero-order valence-corrected chi connectivity index (χ0v) is 11.0. The summed E-state index contributed by atoms with van der Waals surface area (Å²) < 4.78 is 10.0. The minimum atomic E-state index is -0.164. The molecule has 1 fully saturated rings. The van der Waals surface area contributed by atoms with Crippen molar-refractivity contribution in [3.63, 3.8) is 0 Å². The van der Waals surface area contributed by atoms with E-state index >= 15 is 0 Å². The highest BCUT2D eigenvalue weighted by Crippen LogP contribution is 2.23. The van der Waals surface area contributed by atoms with Gasteiger partial charge in [-0.25, -0.2) is 0 Å². The van der Waals surface area contributed by atoms with Crippen LogP contribution in [0.1, 0.15) is 38.4 Å². The maximum absolute atomic E-state index is 11.5. The highest BCUT2D eigenvalue weighted by atomic mass is 16.5. The molecular weight excluding hydrogens is 234 g/mol. The number of piperidine rings is 1. The number of methoxy groups -OCH3 is 1. The smallest absolute Gasteiger partial charge is 0.324 e. The van der Waals surface area contributed by atoms with Crippen LogP contribution in [0, 0.1) is 5.92 Å². The summed E-state index contributed by atoms with van der Waals surface area (Å²) in [7, 11) is 1.42. The number of ether oxygens (including phenoxy) is 1. The SMILES string of the molecule is COC(=O)[C@@H]1CCCN(c2nc(C(C)C)no2)C1. The van der Waals surface area contributed by atoms with Crippen LogP contribution in [0.2, 0.25) is 0 Å². The minimum absolute atomic E-state index is 0.0989. The van der Waals surface area contributed by atoms with Gasteiger partial charge in [-0.2, -0.15) is 4.98 Å². The van der Waals surface area contributed by atoms with Crippen LogP contribution in [0.15, 0.2) is 4.52 Å². The average Bonchev–Trinajstić information content (AvgIpc) is 2.88. The Hall–Kier alpha value is -1.59. The first-order valence-electron chi connectivity index (χ1n) is 6.28. The number of aromatic nitrogens is 2. The van der Waals surface area contributed by atoms with Crippen molar-refractivity contribution in [1.29, 1.82) is 0 Å². The predicted molar refractivity (Wildman–Crippen MR) is 65.3 cm³/mol. The second kappa shape index (κ2) is 5.37. The lowest BCUT2D eigenvalue weighted by atomic mass is 9.99. The summed E-state index contributed by atoms with van der Waals surface area (Å²) >= 11 is 0. The monoisotopic (exact) mass is 253 g/mol. The molecule has 1 atom stereocenters. The fraction of sp³-hybridized carbons (Fsp3) is 0.750. The van der Waals surface area contributed by atoms with Crippen molar-refractivity contribution in [1.82, 2.24) is 10.1 Å². The Balaban J connectivity index is 2.05. The lowest BCUT2D eigenvalue weighted by Gasteiger charge is -2.29. The molecule has 0 saturated carbocycles. The van der Waals surface area contributed by atoms with Crippen molar-refractivity contribution in [2.24, 2.45) is 5.92 Å². The number of anilines is 1. The Labute approximate surface area is 106 Å². The molecule has 0 N–H and O–H groups in total. The summed E-state index contributed by atoms with van der Waals surface area (Å²) in [6.45, 7) is 5.46. The molecule has 1 aromatic heterocycles. The van der Waals surface area contributed by atoms with Crippen molar-refractivity contribution < 1.29 is 14.1 Å². The summed E-state index contributed by atoms with van der Waals surface area (Å²) in [5, 5.41) is 3.94. The van der Waals surface area contributed by atoms with Gasteiger partial charge in [-0.3, -0.25) is 4.79 Å². The Bertz CT molecular complexity index is 416. The molecule has 0 bridgehead atoms. The molecule has 1 saturated heterocycles. The summed E-state index contributed by atoms with van der Waals surface area (Å²) in [6.07, 6.45) is 1.79. The summed E-state index contributed by atoms with van der Waals surface area (Å²) in [5.41, 5.74) is 0. The Morgan fingerprint density at radius 3 is 2.94 bits per heavy atom. The fourth-order valence-electron chi connectivity index (χ4n) is 2.10. The quantitative estimate of drug-likeness (QED) is 0.762. The number of hydrogen-bond acceptors (Lipinski definition) is 6. The average molecular weight is 253 g/mol. The number of rotatable bonds is 3. The highest BCUT2D eigenvalue weighted by Gasteiger charge is 2.29. The molecule has 1 aromatic rings. The van der Waals surface area contributed by atoms with Crippen LogP contribution in [0.5, 0.6) is 0 Å². The van der Waals surface area contributed by atoms with Crippen molar-refractivity contribution in [2.45, 2.75) is 32.6 Å². The summed E-state index contributed by atoms with van der Waals surface area (Å²) in [5.74, 6) is 0.676. The van der Waals surface area contributed by atoms with Gasteiger partial charge < -0.3 is 14.2 Å². The fourth-order valence-corrected chi connectivity index (χ4v) is 2.10. The topological polar surface area (TPSA) is 68.5 Å². The zero-order valence-electron chi connectivity index (χ0n) is 11.0. The molecule has 100 valence electrons. The lowest BCUT2D eigenvalue weighted by Crippen LogP contribution is -2.39. The first-order valence-corrected chi connectivity index (χ1v) is 6.28. The van der Waals surface area contributed by atoms with Gasteiger partial charge in [-0.1, -0.05) is 19.0 Å². The Kier molecular flexibility index (Phi) is 3.84. The standard InChI is InChI=1S/C12H19N3O3/c1-8(2)10-13-12(18-14-10)15-6-4-5-9(7-15)11(16)17-3/h8-9H,4-7H2,1-3H3/t9-/m1/s1. The predicted octanol–water partition coefficient (Wildman–Crippen LogP) is 1.58. The van der Waals surface area contributed by atoms with E-state index in [9.17, 15) is 4.79 Å². The first-order chi connectivity index (χ1) is 8.61. The molecule has 6 heteroatoms. The third-order valence-corrected chi connectivity index (χ3v) is 3.17. The maximum atomic E-state index is 11.5. The van der Waals surface area contributed by atoms with Crippen LogP contribution < -0.4 is 4.90 Å². The van der Waals surface area contributed by atoms with Gasteiger partial charge in [-0.15, -0.1) is 0 Å². The van der Waals surface area contributed by atoms with Gasteiger partial charge in [-0.05, 0) is 12.8 Å². The van der Waals surface area contributed by atoms with Gasteiger partial charge in [0.2, 0.25) is 0 Å². The minimum Gasteiger partial charge on any atom is -0.469 e. The molecule has 1 aliphatic heterocycles. The van der Waals surface area contributed by atoms with E-state index in [1.807, 2.05) is 18.7 Å². The van der Waals surface area contributed by atoms with Crippen LogP contribution in [0.25, 0.3) is 0 Å². The molecule has 0 aromatic carbocycles. The maximum Gasteiger partial charge on any atom is 0.324 e. The Morgan fingerprint density at radius 1 is 1.56 bits per heavy atom. The van der Waals surface area contributed by atoms with E-state index in [1.54, 1.807) is 0 Å². The van der Waals surface area contributed by atoms with Crippen molar-refractivity contribution >= 4 is 12.0 Å². The lowest BCUT2D eigenvalue weighted by molar-refractivity contribution is -0.145. The summed E-state index contributed by atoms with van der Waals surface area (Å²) in [6, 6.07) is 0.507. The second-order valence-corrected chi connectivity index (χ2v) is 4.90. The van der Waals surface area contributed by atoms with Crippen LogP contribution in [-0.2, 0) is 9.53 Å². The van der Waals surface area contributed by atoms with Crippen molar-refractivity contribution in [3.8, 4) is 0 Å². The van der Waals surface area contributed by atoms with Gasteiger partial charge in [0.25, 0.3) is 0 Å². The van der Waals surface area contributed by atoms with Gasteiger partial charge in [0.1, 0.15) is 0 Å². The molecule has 0 aliphatic carbocycles. The van der Waals surface area contributed by atoms with Gasteiger partial charge in [0.05, 0.1) is 13.0 Å².